The third-order valence-electron chi connectivity index (χ3n) is 2.81. The lowest BCUT2D eigenvalue weighted by atomic mass is 10.0. The fraction of sp³-hybridized carbons (Fsp3) is 0.133. The molecule has 0 atom stereocenters. The van der Waals surface area contributed by atoms with Crippen molar-refractivity contribution in [1.29, 1.82) is 0 Å². The molecule has 1 N–H and O–H groups in total. The van der Waals surface area contributed by atoms with E-state index in [2.05, 4.69) is 0 Å². The Balaban J connectivity index is 2.00. The van der Waals surface area contributed by atoms with Gasteiger partial charge >= 0.3 is 0 Å². The number of hydrogen-bond donors (Lipinski definition) is 1. The summed E-state index contributed by atoms with van der Waals surface area (Å²) in [5.41, 5.74) is 1.57. The number of phenols is 1. The van der Waals surface area contributed by atoms with E-state index in [4.69, 9.17) is 28.3 Å². The minimum absolute atomic E-state index is 0.0334. The third kappa shape index (κ3) is 3.72. The summed E-state index contributed by atoms with van der Waals surface area (Å²) in [6.07, 6.45) is 0.999. The van der Waals surface area contributed by atoms with Gasteiger partial charge in [0.05, 0.1) is 10.0 Å². The zero-order chi connectivity index (χ0) is 13.8. The van der Waals surface area contributed by atoms with Gasteiger partial charge in [-0.15, -0.1) is 0 Å². The molecule has 0 aliphatic rings. The van der Waals surface area contributed by atoms with Crippen molar-refractivity contribution < 1.29 is 9.90 Å². The van der Waals surface area contributed by atoms with Crippen LogP contribution in [0.2, 0.25) is 10.0 Å². The Hall–Kier alpha value is -1.51. The van der Waals surface area contributed by atoms with Crippen molar-refractivity contribution in [3.05, 3.63) is 63.6 Å². The molecule has 2 aromatic rings. The number of rotatable bonds is 4. The van der Waals surface area contributed by atoms with Crippen LogP contribution in [0.3, 0.4) is 0 Å². The molecular formula is C15H12Cl2O2. The quantitative estimate of drug-likeness (QED) is 0.842. The molecule has 2 aromatic carbocycles. The number of halogens is 2. The van der Waals surface area contributed by atoms with Crippen LogP contribution >= 0.6 is 23.2 Å². The fourth-order valence-electron chi connectivity index (χ4n) is 1.74. The molecule has 0 aliphatic heterocycles. The SMILES string of the molecule is O=C(CCc1ccc(Cl)c(Cl)c1)c1ccc(O)cc1. The summed E-state index contributed by atoms with van der Waals surface area (Å²) < 4.78 is 0. The molecule has 0 fully saturated rings. The van der Waals surface area contributed by atoms with Gasteiger partial charge in [-0.05, 0) is 48.4 Å². The Morgan fingerprint density at radius 1 is 1.00 bits per heavy atom. The molecular weight excluding hydrogens is 283 g/mol. The molecule has 98 valence electrons. The number of benzene rings is 2. The minimum Gasteiger partial charge on any atom is -0.508 e. The van der Waals surface area contributed by atoms with E-state index in [0.717, 1.165) is 5.56 Å². The number of carbonyl (C=O) groups excluding carboxylic acids is 1. The first kappa shape index (κ1) is 13.9. The predicted molar refractivity (Wildman–Crippen MR) is 77.2 cm³/mol. The van der Waals surface area contributed by atoms with Crippen molar-refractivity contribution in [2.75, 3.05) is 0 Å². The highest BCUT2D eigenvalue weighted by Crippen LogP contribution is 2.23. The Morgan fingerprint density at radius 3 is 2.32 bits per heavy atom. The van der Waals surface area contributed by atoms with Crippen molar-refractivity contribution in [3.63, 3.8) is 0 Å². The zero-order valence-electron chi connectivity index (χ0n) is 10.1. The molecule has 4 heteroatoms. The lowest BCUT2D eigenvalue weighted by Gasteiger charge is -2.04. The van der Waals surface area contributed by atoms with Gasteiger partial charge in [-0.1, -0.05) is 29.3 Å². The highest BCUT2D eigenvalue weighted by atomic mass is 35.5. The summed E-state index contributed by atoms with van der Waals surface area (Å²) in [7, 11) is 0. The normalized spacial score (nSPS) is 10.4. The molecule has 0 saturated heterocycles. The number of aromatic hydroxyl groups is 1. The van der Waals surface area contributed by atoms with E-state index in [9.17, 15) is 4.79 Å². The summed E-state index contributed by atoms with van der Waals surface area (Å²) >= 11 is 11.8. The topological polar surface area (TPSA) is 37.3 Å². The first-order chi connectivity index (χ1) is 9.06. The molecule has 0 bridgehead atoms. The summed E-state index contributed by atoms with van der Waals surface area (Å²) in [6.45, 7) is 0. The number of aryl methyl sites for hydroxylation is 1. The minimum atomic E-state index is 0.0334. The van der Waals surface area contributed by atoms with Gasteiger partial charge in [-0.3, -0.25) is 4.79 Å². The van der Waals surface area contributed by atoms with Crippen molar-refractivity contribution in [3.8, 4) is 5.75 Å². The smallest absolute Gasteiger partial charge is 0.163 e. The molecule has 0 radical (unpaired) electrons. The second kappa shape index (κ2) is 6.09. The first-order valence-electron chi connectivity index (χ1n) is 5.82. The molecule has 2 nitrogen and oxygen atoms in total. The van der Waals surface area contributed by atoms with E-state index < -0.39 is 0 Å². The van der Waals surface area contributed by atoms with E-state index in [1.54, 1.807) is 24.3 Å². The molecule has 0 unspecified atom stereocenters. The molecule has 19 heavy (non-hydrogen) atoms. The number of hydrogen-bond acceptors (Lipinski definition) is 2. The largest absolute Gasteiger partial charge is 0.508 e. The molecule has 0 heterocycles. The number of carbonyl (C=O) groups is 1. The van der Waals surface area contributed by atoms with Crippen molar-refractivity contribution in [1.82, 2.24) is 0 Å². The Bertz CT molecular complexity index is 592. The number of phenolic OH excluding ortho intramolecular Hbond substituents is 1. The number of Topliss-reactive ketones (excluding diaryl/α,β-unsaturated/α-hetero) is 1. The third-order valence-corrected chi connectivity index (χ3v) is 3.55. The summed E-state index contributed by atoms with van der Waals surface area (Å²) in [4.78, 5) is 11.9. The van der Waals surface area contributed by atoms with E-state index in [0.29, 0.717) is 28.5 Å². The second-order valence-corrected chi connectivity index (χ2v) is 5.03. The van der Waals surface area contributed by atoms with E-state index in [1.807, 2.05) is 6.07 Å². The highest BCUT2D eigenvalue weighted by Gasteiger charge is 2.07. The van der Waals surface area contributed by atoms with E-state index in [1.165, 1.54) is 12.1 Å². The van der Waals surface area contributed by atoms with Crippen molar-refractivity contribution in [2.24, 2.45) is 0 Å². The van der Waals surface area contributed by atoms with Gasteiger partial charge in [0.15, 0.2) is 5.78 Å². The average molecular weight is 295 g/mol. The zero-order valence-corrected chi connectivity index (χ0v) is 11.6. The Morgan fingerprint density at radius 2 is 1.68 bits per heavy atom. The molecule has 0 amide bonds. The lowest BCUT2D eigenvalue weighted by Crippen LogP contribution is -2.00. The second-order valence-electron chi connectivity index (χ2n) is 4.22. The maximum Gasteiger partial charge on any atom is 0.163 e. The van der Waals surface area contributed by atoms with Gasteiger partial charge in [-0.2, -0.15) is 0 Å². The van der Waals surface area contributed by atoms with Crippen LogP contribution < -0.4 is 0 Å². The van der Waals surface area contributed by atoms with Gasteiger partial charge in [0.1, 0.15) is 5.75 Å². The first-order valence-corrected chi connectivity index (χ1v) is 6.58. The molecule has 0 aliphatic carbocycles. The van der Waals surface area contributed by atoms with Crippen LogP contribution in [0.4, 0.5) is 0 Å². The van der Waals surface area contributed by atoms with Crippen LogP contribution in [-0.4, -0.2) is 10.9 Å². The molecule has 0 spiro atoms. The van der Waals surface area contributed by atoms with Crippen molar-refractivity contribution in [2.45, 2.75) is 12.8 Å². The van der Waals surface area contributed by atoms with Crippen LogP contribution in [0.15, 0.2) is 42.5 Å². The number of ketones is 1. The fourth-order valence-corrected chi connectivity index (χ4v) is 2.07. The summed E-state index contributed by atoms with van der Waals surface area (Å²) in [5.74, 6) is 0.187. The van der Waals surface area contributed by atoms with E-state index in [-0.39, 0.29) is 11.5 Å². The highest BCUT2D eigenvalue weighted by molar-refractivity contribution is 6.42. The Kier molecular flexibility index (Phi) is 4.46. The standard InChI is InChI=1S/C15H12Cl2O2/c16-13-7-1-10(9-14(13)17)2-8-15(19)11-3-5-12(18)6-4-11/h1,3-7,9,18H,2,8H2. The lowest BCUT2D eigenvalue weighted by molar-refractivity contribution is 0.0983. The van der Waals surface area contributed by atoms with Gasteiger partial charge in [0.25, 0.3) is 0 Å². The van der Waals surface area contributed by atoms with Gasteiger partial charge in [-0.25, -0.2) is 0 Å². The van der Waals surface area contributed by atoms with Crippen molar-refractivity contribution >= 4 is 29.0 Å². The maximum atomic E-state index is 11.9. The van der Waals surface area contributed by atoms with E-state index >= 15 is 0 Å². The summed E-state index contributed by atoms with van der Waals surface area (Å²) in [5, 5.41) is 10.2. The maximum absolute atomic E-state index is 11.9. The van der Waals surface area contributed by atoms with Crippen LogP contribution in [0.1, 0.15) is 22.3 Å². The molecule has 0 aromatic heterocycles. The van der Waals surface area contributed by atoms with Crippen LogP contribution in [0.5, 0.6) is 5.75 Å². The monoisotopic (exact) mass is 294 g/mol. The Labute approximate surface area is 121 Å². The summed E-state index contributed by atoms with van der Waals surface area (Å²) in [6, 6.07) is 11.6. The van der Waals surface area contributed by atoms with Gasteiger partial charge in [0.2, 0.25) is 0 Å². The molecule has 0 saturated carbocycles. The van der Waals surface area contributed by atoms with Gasteiger partial charge in [0, 0.05) is 12.0 Å². The molecule has 2 rings (SSSR count). The van der Waals surface area contributed by atoms with Gasteiger partial charge < -0.3 is 5.11 Å². The average Bonchev–Trinajstić information content (AvgIpc) is 2.40. The van der Waals surface area contributed by atoms with Crippen LogP contribution in [0, 0.1) is 0 Å². The van der Waals surface area contributed by atoms with Crippen LogP contribution in [-0.2, 0) is 6.42 Å². The van der Waals surface area contributed by atoms with Crippen LogP contribution in [0.25, 0.3) is 0 Å². The predicted octanol–water partition coefficient (Wildman–Crippen LogP) is 4.51.